The number of halogens is 1. The zero-order valence-electron chi connectivity index (χ0n) is 17.9. The SMILES string of the molecule is CCOc1ccc(CCNC(=NC)NCc2cc(C(C)C)no2)cc1OCC.I. The van der Waals surface area contributed by atoms with Gasteiger partial charge in [0.15, 0.2) is 23.2 Å². The van der Waals surface area contributed by atoms with Gasteiger partial charge < -0.3 is 24.6 Å². The van der Waals surface area contributed by atoms with Crippen LogP contribution in [0.1, 0.15) is 50.6 Å². The molecule has 0 spiro atoms. The van der Waals surface area contributed by atoms with E-state index in [2.05, 4.69) is 40.7 Å². The van der Waals surface area contributed by atoms with Gasteiger partial charge in [-0.05, 0) is 43.9 Å². The number of nitrogens with zero attached hydrogens (tertiary/aromatic N) is 2. The molecule has 0 saturated carbocycles. The molecule has 0 atom stereocenters. The lowest BCUT2D eigenvalue weighted by molar-refractivity contribution is 0.287. The lowest BCUT2D eigenvalue weighted by Crippen LogP contribution is -2.37. The third-order valence-electron chi connectivity index (χ3n) is 4.14. The normalized spacial score (nSPS) is 11.2. The quantitative estimate of drug-likeness (QED) is 0.281. The molecular weight excluding hydrogens is 483 g/mol. The predicted octanol–water partition coefficient (Wildman–Crippen LogP) is 4.12. The Balaban J connectivity index is 0.00000420. The molecule has 162 valence electrons. The molecule has 0 aliphatic heterocycles. The molecule has 0 aliphatic carbocycles. The Bertz CT molecular complexity index is 762. The average molecular weight is 516 g/mol. The first-order chi connectivity index (χ1) is 13.6. The summed E-state index contributed by atoms with van der Waals surface area (Å²) in [6.07, 6.45) is 0.840. The molecule has 0 bridgehead atoms. The van der Waals surface area contributed by atoms with Crippen LogP contribution in [0.2, 0.25) is 0 Å². The van der Waals surface area contributed by atoms with Crippen LogP contribution in [0.15, 0.2) is 33.8 Å². The van der Waals surface area contributed by atoms with Crippen LogP contribution < -0.4 is 20.1 Å². The van der Waals surface area contributed by atoms with Crippen molar-refractivity contribution in [2.75, 3.05) is 26.8 Å². The largest absolute Gasteiger partial charge is 0.490 e. The fraction of sp³-hybridized carbons (Fsp3) is 0.524. The van der Waals surface area contributed by atoms with Crippen molar-refractivity contribution in [2.24, 2.45) is 4.99 Å². The van der Waals surface area contributed by atoms with Crippen molar-refractivity contribution in [1.82, 2.24) is 15.8 Å². The monoisotopic (exact) mass is 516 g/mol. The van der Waals surface area contributed by atoms with Gasteiger partial charge in [-0.3, -0.25) is 4.99 Å². The highest BCUT2D eigenvalue weighted by Crippen LogP contribution is 2.28. The molecule has 8 heteroatoms. The lowest BCUT2D eigenvalue weighted by atomic mass is 10.1. The second-order valence-corrected chi connectivity index (χ2v) is 6.62. The molecule has 0 aliphatic rings. The Hall–Kier alpha value is -1.97. The Labute approximate surface area is 190 Å². The maximum Gasteiger partial charge on any atom is 0.191 e. The summed E-state index contributed by atoms with van der Waals surface area (Å²) in [5, 5.41) is 10.6. The number of nitrogens with one attached hydrogen (secondary N) is 2. The van der Waals surface area contributed by atoms with E-state index in [9.17, 15) is 0 Å². The molecular formula is C21H33IN4O3. The topological polar surface area (TPSA) is 80.9 Å². The van der Waals surface area contributed by atoms with Crippen molar-refractivity contribution in [3.63, 3.8) is 0 Å². The van der Waals surface area contributed by atoms with E-state index in [-0.39, 0.29) is 24.0 Å². The first-order valence-electron chi connectivity index (χ1n) is 9.85. The Morgan fingerprint density at radius 1 is 1.10 bits per heavy atom. The van der Waals surface area contributed by atoms with E-state index in [0.29, 0.717) is 25.7 Å². The second kappa shape index (κ2) is 13.3. The van der Waals surface area contributed by atoms with Crippen LogP contribution >= 0.6 is 24.0 Å². The molecule has 2 aromatic rings. The minimum absolute atomic E-state index is 0. The minimum atomic E-state index is 0. The average Bonchev–Trinajstić information content (AvgIpc) is 3.16. The predicted molar refractivity (Wildman–Crippen MR) is 127 cm³/mol. The summed E-state index contributed by atoms with van der Waals surface area (Å²) in [6.45, 7) is 10.6. The van der Waals surface area contributed by atoms with Crippen LogP contribution in [-0.4, -0.2) is 37.9 Å². The van der Waals surface area contributed by atoms with E-state index < -0.39 is 0 Å². The van der Waals surface area contributed by atoms with Crippen molar-refractivity contribution < 1.29 is 14.0 Å². The maximum absolute atomic E-state index is 5.69. The van der Waals surface area contributed by atoms with Gasteiger partial charge in [0, 0.05) is 19.7 Å². The van der Waals surface area contributed by atoms with Crippen LogP contribution in [-0.2, 0) is 13.0 Å². The second-order valence-electron chi connectivity index (χ2n) is 6.62. The third kappa shape index (κ3) is 8.12. The van der Waals surface area contributed by atoms with E-state index in [1.165, 1.54) is 5.56 Å². The number of ether oxygens (including phenoxy) is 2. The van der Waals surface area contributed by atoms with E-state index in [1.54, 1.807) is 7.05 Å². The number of aliphatic imine (C=N–C) groups is 1. The molecule has 2 rings (SSSR count). The van der Waals surface area contributed by atoms with Crippen LogP contribution in [0, 0.1) is 0 Å². The molecule has 0 saturated heterocycles. The number of guanidine groups is 1. The number of benzene rings is 1. The number of hydrogen-bond acceptors (Lipinski definition) is 5. The molecule has 7 nitrogen and oxygen atoms in total. The molecule has 1 aromatic heterocycles. The van der Waals surface area contributed by atoms with Crippen molar-refractivity contribution in [2.45, 2.75) is 46.6 Å². The molecule has 29 heavy (non-hydrogen) atoms. The molecule has 0 amide bonds. The van der Waals surface area contributed by atoms with Gasteiger partial charge in [0.2, 0.25) is 0 Å². The number of aromatic nitrogens is 1. The van der Waals surface area contributed by atoms with Gasteiger partial charge in [-0.2, -0.15) is 0 Å². The summed E-state index contributed by atoms with van der Waals surface area (Å²) < 4.78 is 16.6. The van der Waals surface area contributed by atoms with Gasteiger partial charge in [0.05, 0.1) is 25.5 Å². The van der Waals surface area contributed by atoms with Crippen LogP contribution in [0.5, 0.6) is 11.5 Å². The van der Waals surface area contributed by atoms with Crippen LogP contribution in [0.4, 0.5) is 0 Å². The van der Waals surface area contributed by atoms with Gasteiger partial charge in [0.25, 0.3) is 0 Å². The Kier molecular flexibility index (Phi) is 11.5. The molecule has 1 aromatic carbocycles. The van der Waals surface area contributed by atoms with Gasteiger partial charge in [0.1, 0.15) is 0 Å². The van der Waals surface area contributed by atoms with Crippen LogP contribution in [0.3, 0.4) is 0 Å². The van der Waals surface area contributed by atoms with E-state index in [0.717, 1.165) is 41.9 Å². The van der Waals surface area contributed by atoms with Crippen LogP contribution in [0.25, 0.3) is 0 Å². The number of hydrogen-bond donors (Lipinski definition) is 2. The van der Waals surface area contributed by atoms with Crippen molar-refractivity contribution in [3.8, 4) is 11.5 Å². The fourth-order valence-corrected chi connectivity index (χ4v) is 2.65. The van der Waals surface area contributed by atoms with Gasteiger partial charge in [-0.25, -0.2) is 0 Å². The standard InChI is InChI=1S/C21H32N4O3.HI/c1-6-26-19-9-8-16(12-20(19)27-7-2)10-11-23-21(22-5)24-14-17-13-18(15(3)4)25-28-17;/h8-9,12-13,15H,6-7,10-11,14H2,1-5H3,(H2,22,23,24);1H. The summed E-state index contributed by atoms with van der Waals surface area (Å²) in [5.74, 6) is 3.44. The lowest BCUT2D eigenvalue weighted by Gasteiger charge is -2.13. The minimum Gasteiger partial charge on any atom is -0.490 e. The van der Waals surface area contributed by atoms with Crippen molar-refractivity contribution in [1.29, 1.82) is 0 Å². The van der Waals surface area contributed by atoms with E-state index >= 15 is 0 Å². The highest BCUT2D eigenvalue weighted by Gasteiger charge is 2.09. The summed E-state index contributed by atoms with van der Waals surface area (Å²) in [5.41, 5.74) is 2.13. The molecule has 0 fully saturated rings. The summed E-state index contributed by atoms with van der Waals surface area (Å²) >= 11 is 0. The van der Waals surface area contributed by atoms with E-state index in [4.69, 9.17) is 14.0 Å². The molecule has 0 unspecified atom stereocenters. The molecule has 0 radical (unpaired) electrons. The highest BCUT2D eigenvalue weighted by atomic mass is 127. The van der Waals surface area contributed by atoms with Crippen molar-refractivity contribution in [3.05, 3.63) is 41.3 Å². The smallest absolute Gasteiger partial charge is 0.191 e. The first-order valence-corrected chi connectivity index (χ1v) is 9.85. The molecule has 1 heterocycles. The zero-order valence-corrected chi connectivity index (χ0v) is 20.3. The Morgan fingerprint density at radius 3 is 2.45 bits per heavy atom. The third-order valence-corrected chi connectivity index (χ3v) is 4.14. The Morgan fingerprint density at radius 2 is 1.83 bits per heavy atom. The first kappa shape index (κ1) is 25.1. The molecule has 2 N–H and O–H groups in total. The summed E-state index contributed by atoms with van der Waals surface area (Å²) in [6, 6.07) is 8.04. The summed E-state index contributed by atoms with van der Waals surface area (Å²) in [7, 11) is 1.75. The maximum atomic E-state index is 5.69. The summed E-state index contributed by atoms with van der Waals surface area (Å²) in [4.78, 5) is 4.25. The van der Waals surface area contributed by atoms with Gasteiger partial charge in [-0.1, -0.05) is 25.1 Å². The van der Waals surface area contributed by atoms with E-state index in [1.807, 2.05) is 32.0 Å². The van der Waals surface area contributed by atoms with Gasteiger partial charge >= 0.3 is 0 Å². The fourth-order valence-electron chi connectivity index (χ4n) is 2.65. The van der Waals surface area contributed by atoms with Crippen molar-refractivity contribution >= 4 is 29.9 Å². The van der Waals surface area contributed by atoms with Gasteiger partial charge in [-0.15, -0.1) is 24.0 Å². The number of rotatable bonds is 10. The highest BCUT2D eigenvalue weighted by molar-refractivity contribution is 14.0. The zero-order chi connectivity index (χ0) is 20.4.